The molecule has 0 aliphatic heterocycles. The van der Waals surface area contributed by atoms with Crippen molar-refractivity contribution >= 4 is 11.6 Å². The van der Waals surface area contributed by atoms with E-state index in [0.717, 1.165) is 18.2 Å². The molecule has 4 nitrogen and oxygen atoms in total. The summed E-state index contributed by atoms with van der Waals surface area (Å²) in [6.07, 6.45) is 0. The molecule has 1 aromatic heterocycles. The van der Waals surface area contributed by atoms with E-state index >= 15 is 0 Å². The van der Waals surface area contributed by atoms with Crippen LogP contribution in [0.15, 0.2) is 30.3 Å². The van der Waals surface area contributed by atoms with E-state index in [1.54, 1.807) is 0 Å². The maximum absolute atomic E-state index is 5.87. The first-order chi connectivity index (χ1) is 9.45. The Labute approximate surface area is 120 Å². The van der Waals surface area contributed by atoms with Crippen LogP contribution in [0.4, 0.5) is 11.6 Å². The van der Waals surface area contributed by atoms with E-state index in [1.165, 1.54) is 11.1 Å². The predicted molar refractivity (Wildman–Crippen MR) is 83.8 cm³/mol. The predicted octanol–water partition coefficient (Wildman–Crippen LogP) is 3.13. The summed E-state index contributed by atoms with van der Waals surface area (Å²) in [5.41, 5.74) is 8.40. The molecule has 0 spiro atoms. The highest BCUT2D eigenvalue weighted by atomic mass is 15.2. The van der Waals surface area contributed by atoms with Gasteiger partial charge in [-0.1, -0.05) is 43.7 Å². The molecule has 0 unspecified atom stereocenters. The van der Waals surface area contributed by atoms with Gasteiger partial charge in [0.1, 0.15) is 17.5 Å². The fraction of sp³-hybridized carbons (Fsp3) is 0.375. The third kappa shape index (κ3) is 3.47. The monoisotopic (exact) mass is 270 g/mol. The van der Waals surface area contributed by atoms with Crippen LogP contribution in [0, 0.1) is 6.92 Å². The Balaban J connectivity index is 2.22. The van der Waals surface area contributed by atoms with Gasteiger partial charge in [-0.3, -0.25) is 0 Å². The summed E-state index contributed by atoms with van der Waals surface area (Å²) in [4.78, 5) is 11.0. The van der Waals surface area contributed by atoms with Crippen molar-refractivity contribution in [2.75, 3.05) is 17.7 Å². The molecule has 2 rings (SSSR count). The number of anilines is 2. The highest BCUT2D eigenvalue weighted by molar-refractivity contribution is 5.47. The number of hydrogen-bond donors (Lipinski definition) is 1. The van der Waals surface area contributed by atoms with Crippen molar-refractivity contribution in [3.63, 3.8) is 0 Å². The molecular formula is C16H22N4. The molecule has 0 atom stereocenters. The normalized spacial score (nSPS) is 10.8. The molecule has 1 heterocycles. The molecule has 20 heavy (non-hydrogen) atoms. The SMILES string of the molecule is Cc1cccc(CN(C)c2cc(N)nc(C(C)C)n2)c1. The zero-order chi connectivity index (χ0) is 14.7. The van der Waals surface area contributed by atoms with Crippen LogP contribution in [0.3, 0.4) is 0 Å². The Morgan fingerprint density at radius 1 is 1.20 bits per heavy atom. The lowest BCUT2D eigenvalue weighted by molar-refractivity contribution is 0.765. The van der Waals surface area contributed by atoms with Crippen molar-refractivity contribution in [2.24, 2.45) is 0 Å². The van der Waals surface area contributed by atoms with Gasteiger partial charge >= 0.3 is 0 Å². The van der Waals surface area contributed by atoms with Crippen LogP contribution < -0.4 is 10.6 Å². The number of aryl methyl sites for hydroxylation is 1. The van der Waals surface area contributed by atoms with Crippen LogP contribution in [0.25, 0.3) is 0 Å². The molecular weight excluding hydrogens is 248 g/mol. The molecule has 0 aliphatic rings. The van der Waals surface area contributed by atoms with Crippen LogP contribution >= 0.6 is 0 Å². The molecule has 0 amide bonds. The van der Waals surface area contributed by atoms with E-state index in [-0.39, 0.29) is 5.92 Å². The molecule has 2 N–H and O–H groups in total. The maximum atomic E-state index is 5.87. The van der Waals surface area contributed by atoms with Crippen LogP contribution in [0.5, 0.6) is 0 Å². The van der Waals surface area contributed by atoms with Crippen molar-refractivity contribution in [2.45, 2.75) is 33.2 Å². The van der Waals surface area contributed by atoms with Crippen molar-refractivity contribution in [1.82, 2.24) is 9.97 Å². The fourth-order valence-electron chi connectivity index (χ4n) is 2.09. The van der Waals surface area contributed by atoms with Gasteiger partial charge in [0, 0.05) is 25.6 Å². The first-order valence-electron chi connectivity index (χ1n) is 6.87. The fourth-order valence-corrected chi connectivity index (χ4v) is 2.09. The number of aromatic nitrogens is 2. The third-order valence-corrected chi connectivity index (χ3v) is 3.16. The number of nitrogens with zero attached hydrogens (tertiary/aromatic N) is 3. The van der Waals surface area contributed by atoms with Gasteiger partial charge < -0.3 is 10.6 Å². The summed E-state index contributed by atoms with van der Waals surface area (Å²) in [7, 11) is 2.02. The van der Waals surface area contributed by atoms with E-state index in [4.69, 9.17) is 5.73 Å². The first-order valence-corrected chi connectivity index (χ1v) is 6.87. The number of rotatable bonds is 4. The summed E-state index contributed by atoms with van der Waals surface area (Å²) in [6, 6.07) is 10.3. The van der Waals surface area contributed by atoms with E-state index in [2.05, 4.69) is 59.9 Å². The van der Waals surface area contributed by atoms with Crippen molar-refractivity contribution in [1.29, 1.82) is 0 Å². The first kappa shape index (κ1) is 14.3. The Bertz CT molecular complexity index is 593. The second-order valence-corrected chi connectivity index (χ2v) is 5.51. The molecule has 0 saturated carbocycles. The Hall–Kier alpha value is -2.10. The van der Waals surface area contributed by atoms with Gasteiger partial charge in [0.25, 0.3) is 0 Å². The minimum atomic E-state index is 0.268. The van der Waals surface area contributed by atoms with Gasteiger partial charge in [-0.05, 0) is 12.5 Å². The number of nitrogens with two attached hydrogens (primary N) is 1. The molecule has 106 valence electrons. The Morgan fingerprint density at radius 3 is 2.60 bits per heavy atom. The molecule has 0 aliphatic carbocycles. The number of hydrogen-bond acceptors (Lipinski definition) is 4. The lowest BCUT2D eigenvalue weighted by Crippen LogP contribution is -2.19. The van der Waals surface area contributed by atoms with E-state index < -0.39 is 0 Å². The van der Waals surface area contributed by atoms with E-state index in [0.29, 0.717) is 5.82 Å². The highest BCUT2D eigenvalue weighted by Gasteiger charge is 2.10. The molecule has 0 radical (unpaired) electrons. The number of benzene rings is 1. The Morgan fingerprint density at radius 2 is 1.95 bits per heavy atom. The average molecular weight is 270 g/mol. The van der Waals surface area contributed by atoms with Gasteiger partial charge in [0.05, 0.1) is 0 Å². The van der Waals surface area contributed by atoms with Crippen LogP contribution in [-0.4, -0.2) is 17.0 Å². The molecule has 0 fully saturated rings. The largest absolute Gasteiger partial charge is 0.384 e. The summed E-state index contributed by atoms with van der Waals surface area (Å²) >= 11 is 0. The van der Waals surface area contributed by atoms with Gasteiger partial charge in [-0.2, -0.15) is 0 Å². The third-order valence-electron chi connectivity index (χ3n) is 3.16. The minimum absolute atomic E-state index is 0.268. The van der Waals surface area contributed by atoms with Crippen LogP contribution in [0.2, 0.25) is 0 Å². The molecule has 0 saturated heterocycles. The van der Waals surface area contributed by atoms with Crippen LogP contribution in [-0.2, 0) is 6.54 Å². The van der Waals surface area contributed by atoms with Crippen molar-refractivity contribution < 1.29 is 0 Å². The highest BCUT2D eigenvalue weighted by Crippen LogP contribution is 2.19. The summed E-state index contributed by atoms with van der Waals surface area (Å²) in [6.45, 7) is 7.04. The summed E-state index contributed by atoms with van der Waals surface area (Å²) in [5, 5.41) is 0. The van der Waals surface area contributed by atoms with Gasteiger partial charge in [-0.25, -0.2) is 9.97 Å². The molecule has 0 bridgehead atoms. The van der Waals surface area contributed by atoms with Gasteiger partial charge in [0.15, 0.2) is 0 Å². The Kier molecular flexibility index (Phi) is 4.23. The lowest BCUT2D eigenvalue weighted by atomic mass is 10.1. The molecule has 2 aromatic rings. The number of nitrogen functional groups attached to an aromatic ring is 1. The second kappa shape index (κ2) is 5.90. The van der Waals surface area contributed by atoms with E-state index in [9.17, 15) is 0 Å². The van der Waals surface area contributed by atoms with Gasteiger partial charge in [-0.15, -0.1) is 0 Å². The standard InChI is InChI=1S/C16H22N4/c1-11(2)16-18-14(17)9-15(19-16)20(4)10-13-7-5-6-12(3)8-13/h5-9,11H,10H2,1-4H3,(H2,17,18,19). The smallest absolute Gasteiger partial charge is 0.135 e. The summed E-state index contributed by atoms with van der Waals surface area (Å²) < 4.78 is 0. The van der Waals surface area contributed by atoms with E-state index in [1.807, 2.05) is 13.1 Å². The molecule has 4 heteroatoms. The average Bonchev–Trinajstić information content (AvgIpc) is 2.37. The summed E-state index contributed by atoms with van der Waals surface area (Å²) in [5.74, 6) is 2.44. The van der Waals surface area contributed by atoms with Gasteiger partial charge in [0.2, 0.25) is 0 Å². The quantitative estimate of drug-likeness (QED) is 0.927. The zero-order valence-corrected chi connectivity index (χ0v) is 12.6. The van der Waals surface area contributed by atoms with Crippen LogP contribution in [0.1, 0.15) is 36.7 Å². The van der Waals surface area contributed by atoms with Crippen molar-refractivity contribution in [3.8, 4) is 0 Å². The molecule has 1 aromatic carbocycles. The minimum Gasteiger partial charge on any atom is -0.384 e. The maximum Gasteiger partial charge on any atom is 0.135 e. The topological polar surface area (TPSA) is 55.0 Å². The second-order valence-electron chi connectivity index (χ2n) is 5.51. The lowest BCUT2D eigenvalue weighted by Gasteiger charge is -2.20. The zero-order valence-electron chi connectivity index (χ0n) is 12.6. The van der Waals surface area contributed by atoms with Crippen molar-refractivity contribution in [3.05, 3.63) is 47.3 Å².